The molecule has 0 aliphatic heterocycles. The Labute approximate surface area is 170 Å². The van der Waals surface area contributed by atoms with Crippen molar-refractivity contribution in [2.24, 2.45) is 5.16 Å². The van der Waals surface area contributed by atoms with Crippen LogP contribution in [0.5, 0.6) is 0 Å². The van der Waals surface area contributed by atoms with Crippen molar-refractivity contribution in [1.82, 2.24) is 9.38 Å². The molecule has 0 atom stereocenters. The highest BCUT2D eigenvalue weighted by Crippen LogP contribution is 2.23. The van der Waals surface area contributed by atoms with Gasteiger partial charge in [0, 0.05) is 23.2 Å². The van der Waals surface area contributed by atoms with Crippen LogP contribution in [-0.2, 0) is 11.3 Å². The van der Waals surface area contributed by atoms with Gasteiger partial charge < -0.3 is 13.7 Å². The van der Waals surface area contributed by atoms with Crippen molar-refractivity contribution in [3.05, 3.63) is 65.9 Å². The fourth-order valence-electron chi connectivity index (χ4n) is 3.21. The van der Waals surface area contributed by atoms with E-state index in [4.69, 9.17) is 9.25 Å². The van der Waals surface area contributed by atoms with E-state index in [0.717, 1.165) is 40.4 Å². The Morgan fingerprint density at radius 2 is 2.00 bits per heavy atom. The first-order valence-electron chi connectivity index (χ1n) is 10.1. The number of nitrogens with zero attached hydrogens (tertiary/aromatic N) is 3. The van der Waals surface area contributed by atoms with Gasteiger partial charge in [-0.25, -0.2) is 4.98 Å². The standard InChI is InChI=1S/C24H27N3O2/c1-5-6-8-17-10-11-22-19(13-17)20(26-29-24(2,3)4)15-23(28-22)21-14-18-9-7-12-27(18)16-25-21/h7,9-16H,5-6,8H2,1-4H3. The summed E-state index contributed by atoms with van der Waals surface area (Å²) in [6, 6.07) is 14.3. The first-order chi connectivity index (χ1) is 13.9. The van der Waals surface area contributed by atoms with Gasteiger partial charge in [-0.05, 0) is 69.5 Å². The fourth-order valence-corrected chi connectivity index (χ4v) is 3.21. The maximum atomic E-state index is 6.22. The van der Waals surface area contributed by atoms with E-state index in [2.05, 4.69) is 29.2 Å². The van der Waals surface area contributed by atoms with Gasteiger partial charge in [-0.15, -0.1) is 0 Å². The van der Waals surface area contributed by atoms with E-state index in [1.54, 1.807) is 6.33 Å². The lowest BCUT2D eigenvalue weighted by atomic mass is 10.1. The molecular formula is C24H27N3O2. The largest absolute Gasteiger partial charge is 0.454 e. The van der Waals surface area contributed by atoms with Crippen LogP contribution in [0.15, 0.2) is 64.6 Å². The summed E-state index contributed by atoms with van der Waals surface area (Å²) in [5.74, 6) is 0.666. The molecule has 29 heavy (non-hydrogen) atoms. The quantitative estimate of drug-likeness (QED) is 0.410. The third-order valence-electron chi connectivity index (χ3n) is 4.71. The topological polar surface area (TPSA) is 52.0 Å². The minimum Gasteiger partial charge on any atom is -0.454 e. The van der Waals surface area contributed by atoms with E-state index in [9.17, 15) is 0 Å². The van der Waals surface area contributed by atoms with Crippen molar-refractivity contribution in [3.8, 4) is 11.5 Å². The van der Waals surface area contributed by atoms with E-state index in [1.807, 2.05) is 61.7 Å². The minimum absolute atomic E-state index is 0.373. The molecule has 3 aromatic heterocycles. The number of aryl methyl sites for hydroxylation is 1. The third-order valence-corrected chi connectivity index (χ3v) is 4.71. The monoisotopic (exact) mass is 389 g/mol. The van der Waals surface area contributed by atoms with Gasteiger partial charge in [0.05, 0.1) is 6.33 Å². The molecule has 0 spiro atoms. The van der Waals surface area contributed by atoms with E-state index in [1.165, 1.54) is 12.0 Å². The number of hydrogen-bond acceptors (Lipinski definition) is 4. The summed E-state index contributed by atoms with van der Waals surface area (Å²) in [4.78, 5) is 10.3. The van der Waals surface area contributed by atoms with Crippen LogP contribution >= 0.6 is 0 Å². The van der Waals surface area contributed by atoms with Gasteiger partial charge in [-0.2, -0.15) is 0 Å². The Hall–Kier alpha value is -3.08. The van der Waals surface area contributed by atoms with Crippen molar-refractivity contribution in [3.63, 3.8) is 0 Å². The van der Waals surface area contributed by atoms with E-state index in [0.29, 0.717) is 5.76 Å². The first kappa shape index (κ1) is 19.2. The fraction of sp³-hybridized carbons (Fsp3) is 0.333. The van der Waals surface area contributed by atoms with Crippen LogP contribution in [0, 0.1) is 0 Å². The first-order valence-corrected chi connectivity index (χ1v) is 10.1. The molecule has 0 saturated heterocycles. The second-order valence-corrected chi connectivity index (χ2v) is 8.34. The zero-order valence-electron chi connectivity index (χ0n) is 17.5. The molecule has 0 fully saturated rings. The maximum absolute atomic E-state index is 6.22. The van der Waals surface area contributed by atoms with Crippen LogP contribution in [0.1, 0.15) is 46.1 Å². The van der Waals surface area contributed by atoms with Crippen LogP contribution < -0.4 is 5.36 Å². The molecular weight excluding hydrogens is 362 g/mol. The van der Waals surface area contributed by atoms with Crippen molar-refractivity contribution < 1.29 is 9.25 Å². The van der Waals surface area contributed by atoms with Crippen LogP contribution in [0.3, 0.4) is 0 Å². The highest BCUT2D eigenvalue weighted by molar-refractivity contribution is 5.79. The molecule has 3 heterocycles. The molecule has 0 amide bonds. The lowest BCUT2D eigenvalue weighted by Gasteiger charge is -2.15. The molecule has 5 heteroatoms. The minimum atomic E-state index is -0.373. The van der Waals surface area contributed by atoms with Gasteiger partial charge in [0.25, 0.3) is 0 Å². The molecule has 0 saturated carbocycles. The average Bonchev–Trinajstić information content (AvgIpc) is 3.17. The van der Waals surface area contributed by atoms with E-state index < -0.39 is 0 Å². The Balaban J connectivity index is 1.87. The van der Waals surface area contributed by atoms with Crippen LogP contribution in [-0.4, -0.2) is 15.0 Å². The van der Waals surface area contributed by atoms with Crippen molar-refractivity contribution in [1.29, 1.82) is 0 Å². The molecule has 0 aliphatic rings. The summed E-state index contributed by atoms with van der Waals surface area (Å²) in [7, 11) is 0. The van der Waals surface area contributed by atoms with Gasteiger partial charge in [0.2, 0.25) is 0 Å². The Bertz CT molecular complexity index is 1210. The highest BCUT2D eigenvalue weighted by atomic mass is 16.6. The lowest BCUT2D eigenvalue weighted by molar-refractivity contribution is -0.00585. The Kier molecular flexibility index (Phi) is 5.14. The predicted octanol–water partition coefficient (Wildman–Crippen LogP) is 5.72. The molecule has 0 bridgehead atoms. The normalized spacial score (nSPS) is 12.8. The third kappa shape index (κ3) is 4.34. The summed E-state index contributed by atoms with van der Waals surface area (Å²) in [6.45, 7) is 8.17. The summed E-state index contributed by atoms with van der Waals surface area (Å²) < 4.78 is 8.19. The molecule has 0 aliphatic carbocycles. The smallest absolute Gasteiger partial charge is 0.155 e. The summed E-state index contributed by atoms with van der Waals surface area (Å²) in [6.07, 6.45) is 7.13. The summed E-state index contributed by atoms with van der Waals surface area (Å²) in [5, 5.41) is 6.18. The highest BCUT2D eigenvalue weighted by Gasteiger charge is 2.13. The second kappa shape index (κ2) is 7.74. The van der Waals surface area contributed by atoms with Crippen LogP contribution in [0.25, 0.3) is 27.9 Å². The number of fused-ring (bicyclic) bond motifs is 2. The van der Waals surface area contributed by atoms with Gasteiger partial charge in [0.1, 0.15) is 22.2 Å². The summed E-state index contributed by atoms with van der Waals surface area (Å²) in [5.41, 5.74) is 3.51. The molecule has 1 aromatic carbocycles. The molecule has 0 unspecified atom stereocenters. The van der Waals surface area contributed by atoms with Gasteiger partial charge in [0.15, 0.2) is 5.76 Å². The number of benzene rings is 1. The van der Waals surface area contributed by atoms with E-state index >= 15 is 0 Å². The van der Waals surface area contributed by atoms with Gasteiger partial charge in [-0.3, -0.25) is 0 Å². The predicted molar refractivity (Wildman–Crippen MR) is 115 cm³/mol. The van der Waals surface area contributed by atoms with Crippen molar-refractivity contribution in [2.75, 3.05) is 0 Å². The molecule has 150 valence electrons. The number of hydrogen-bond donors (Lipinski definition) is 0. The van der Waals surface area contributed by atoms with Crippen molar-refractivity contribution >= 4 is 16.5 Å². The second-order valence-electron chi connectivity index (χ2n) is 8.34. The number of rotatable bonds is 5. The molecule has 4 aromatic rings. The zero-order chi connectivity index (χ0) is 20.4. The molecule has 0 radical (unpaired) electrons. The lowest BCUT2D eigenvalue weighted by Crippen LogP contribution is -2.18. The zero-order valence-corrected chi connectivity index (χ0v) is 17.5. The van der Waals surface area contributed by atoms with Gasteiger partial charge >= 0.3 is 0 Å². The SMILES string of the molecule is CCCCc1ccc2oc(-c3cc4cccn4cn3)cc(=NOC(C)(C)C)c2c1. The maximum Gasteiger partial charge on any atom is 0.155 e. The molecule has 4 rings (SSSR count). The Morgan fingerprint density at radius 3 is 2.79 bits per heavy atom. The van der Waals surface area contributed by atoms with Crippen LogP contribution in [0.2, 0.25) is 0 Å². The summed E-state index contributed by atoms with van der Waals surface area (Å²) >= 11 is 0. The van der Waals surface area contributed by atoms with Crippen LogP contribution in [0.4, 0.5) is 0 Å². The molecule has 5 nitrogen and oxygen atoms in total. The molecule has 0 N–H and O–H groups in total. The van der Waals surface area contributed by atoms with Crippen molar-refractivity contribution in [2.45, 2.75) is 52.6 Å². The Morgan fingerprint density at radius 1 is 1.14 bits per heavy atom. The van der Waals surface area contributed by atoms with Gasteiger partial charge in [-0.1, -0.05) is 24.6 Å². The number of aromatic nitrogens is 2. The number of unbranched alkanes of at least 4 members (excludes halogenated alkanes) is 1. The van der Waals surface area contributed by atoms with E-state index in [-0.39, 0.29) is 5.60 Å². The average molecular weight is 389 g/mol.